The van der Waals surface area contributed by atoms with Crippen molar-refractivity contribution in [3.05, 3.63) is 34.4 Å². The predicted octanol–water partition coefficient (Wildman–Crippen LogP) is 4.79. The molecule has 0 saturated heterocycles. The quantitative estimate of drug-likeness (QED) is 0.179. The Morgan fingerprint density at radius 2 is 1.28 bits per heavy atom. The van der Waals surface area contributed by atoms with Gasteiger partial charge in [-0.25, -0.2) is 14.7 Å². The summed E-state index contributed by atoms with van der Waals surface area (Å²) >= 11 is 0. The molecular formula is C24H36N3O8P. The number of esters is 2. The summed E-state index contributed by atoms with van der Waals surface area (Å²) < 4.78 is 30.6. The number of carbonyl (C=O) groups is 2. The van der Waals surface area contributed by atoms with Gasteiger partial charge < -0.3 is 14.0 Å². The van der Waals surface area contributed by atoms with Gasteiger partial charge in [-0.2, -0.15) is 0 Å². The molecule has 2 N–H and O–H groups in total. The highest BCUT2D eigenvalue weighted by Crippen LogP contribution is 2.41. The number of carbonyl (C=O) groups excluding carboxylic acids is 2. The summed E-state index contributed by atoms with van der Waals surface area (Å²) in [7, 11) is -4.08. The van der Waals surface area contributed by atoms with Gasteiger partial charge in [0, 0.05) is 12.1 Å². The standard InChI is InChI=1S/C24H36N3O8P/c1-17(23(28)33-20-9-5-3-6-10-20)25-36(32,35-22-15-13-19(14-16-22)27(30)31)26-18(2)24(29)34-21-11-7-4-8-12-21/h13-18,20-21H,3-12H2,1-2H3,(H2,25,26,32)/t17-,18-/m0/s1. The largest absolute Gasteiger partial charge is 0.461 e. The molecule has 0 radical (unpaired) electrons. The van der Waals surface area contributed by atoms with Crippen molar-refractivity contribution in [2.45, 2.75) is 102 Å². The molecule has 2 fully saturated rings. The minimum Gasteiger partial charge on any atom is -0.461 e. The molecular weight excluding hydrogens is 489 g/mol. The van der Waals surface area contributed by atoms with Crippen LogP contribution in [0, 0.1) is 10.1 Å². The van der Waals surface area contributed by atoms with Crippen LogP contribution in [-0.2, 0) is 23.6 Å². The highest BCUT2D eigenvalue weighted by Gasteiger charge is 2.35. The third-order valence-electron chi connectivity index (χ3n) is 6.39. The summed E-state index contributed by atoms with van der Waals surface area (Å²) in [5.74, 6) is -1.09. The van der Waals surface area contributed by atoms with Crippen LogP contribution in [-0.4, -0.2) is 41.2 Å². The third-order valence-corrected chi connectivity index (χ3v) is 8.31. The van der Waals surface area contributed by atoms with Crippen molar-refractivity contribution < 1.29 is 33.1 Å². The fraction of sp³-hybridized carbons (Fsp3) is 0.667. The molecule has 0 aliphatic heterocycles. The van der Waals surface area contributed by atoms with Gasteiger partial charge in [-0.05, 0) is 77.3 Å². The zero-order chi connectivity index (χ0) is 26.1. The van der Waals surface area contributed by atoms with Crippen molar-refractivity contribution in [1.82, 2.24) is 10.2 Å². The normalized spacial score (nSPS) is 19.2. The molecule has 2 saturated carbocycles. The van der Waals surface area contributed by atoms with Crippen LogP contribution in [0.2, 0.25) is 0 Å². The first kappa shape index (κ1) is 28.1. The number of benzene rings is 1. The molecule has 1 aromatic rings. The number of hydrogen-bond acceptors (Lipinski definition) is 8. The Balaban J connectivity index is 1.69. The predicted molar refractivity (Wildman–Crippen MR) is 132 cm³/mol. The number of ether oxygens (including phenoxy) is 2. The van der Waals surface area contributed by atoms with Crippen molar-refractivity contribution in [3.63, 3.8) is 0 Å². The van der Waals surface area contributed by atoms with Crippen LogP contribution >= 0.6 is 7.67 Å². The monoisotopic (exact) mass is 525 g/mol. The Morgan fingerprint density at radius 3 is 1.67 bits per heavy atom. The van der Waals surface area contributed by atoms with E-state index in [-0.39, 0.29) is 23.6 Å². The minimum atomic E-state index is -4.08. The molecule has 11 nitrogen and oxygen atoms in total. The second-order valence-electron chi connectivity index (χ2n) is 9.49. The molecule has 2 aliphatic rings. The summed E-state index contributed by atoms with van der Waals surface area (Å²) in [6, 6.07) is 2.99. The van der Waals surface area contributed by atoms with Crippen LogP contribution in [0.25, 0.3) is 0 Å². The van der Waals surface area contributed by atoms with E-state index in [1.807, 2.05) is 0 Å². The van der Waals surface area contributed by atoms with Crippen molar-refractivity contribution in [3.8, 4) is 5.75 Å². The SMILES string of the molecule is C[C@H](NP(=O)(N[C@@H](C)C(=O)OC1CCCCC1)Oc1ccc([N+](=O)[O-])cc1)C(=O)OC1CCCCC1. The molecule has 36 heavy (non-hydrogen) atoms. The van der Waals surface area contributed by atoms with Crippen molar-refractivity contribution in [2.24, 2.45) is 0 Å². The van der Waals surface area contributed by atoms with Crippen LogP contribution in [0.5, 0.6) is 5.75 Å². The van der Waals surface area contributed by atoms with Gasteiger partial charge in [-0.1, -0.05) is 12.8 Å². The van der Waals surface area contributed by atoms with Crippen LogP contribution in [0.15, 0.2) is 24.3 Å². The van der Waals surface area contributed by atoms with Gasteiger partial charge in [-0.3, -0.25) is 19.7 Å². The van der Waals surface area contributed by atoms with Crippen molar-refractivity contribution >= 4 is 25.3 Å². The Kier molecular flexibility index (Phi) is 10.3. The fourth-order valence-corrected chi connectivity index (χ4v) is 6.21. The van der Waals surface area contributed by atoms with Gasteiger partial charge in [0.15, 0.2) is 0 Å². The minimum absolute atomic E-state index is 0.0598. The Labute approximate surface area is 211 Å². The topological polar surface area (TPSA) is 146 Å². The van der Waals surface area contributed by atoms with Crippen LogP contribution in [0.1, 0.15) is 78.1 Å². The van der Waals surface area contributed by atoms with E-state index in [0.717, 1.165) is 64.2 Å². The van der Waals surface area contributed by atoms with Gasteiger partial charge >= 0.3 is 19.6 Å². The molecule has 0 amide bonds. The number of nitrogens with one attached hydrogen (secondary N) is 2. The first-order valence-electron chi connectivity index (χ1n) is 12.7. The molecule has 0 heterocycles. The number of hydrogen-bond donors (Lipinski definition) is 2. The molecule has 12 heteroatoms. The number of nitrogens with zero attached hydrogens (tertiary/aromatic N) is 1. The number of rotatable bonds is 11. The fourth-order valence-electron chi connectivity index (χ4n) is 4.38. The van der Waals surface area contributed by atoms with Gasteiger partial charge in [0.05, 0.1) is 4.92 Å². The van der Waals surface area contributed by atoms with E-state index in [1.165, 1.54) is 38.1 Å². The second kappa shape index (κ2) is 13.2. The Bertz CT molecular complexity index is 901. The number of nitro groups is 1. The molecule has 0 unspecified atom stereocenters. The molecule has 0 spiro atoms. The number of nitro benzene ring substituents is 1. The van der Waals surface area contributed by atoms with Crippen molar-refractivity contribution in [1.29, 1.82) is 0 Å². The third kappa shape index (κ3) is 8.57. The highest BCUT2D eigenvalue weighted by molar-refractivity contribution is 7.55. The van der Waals surface area contributed by atoms with Gasteiger partial charge in [0.25, 0.3) is 5.69 Å². The smallest absolute Gasteiger partial charge is 0.391 e. The van der Waals surface area contributed by atoms with E-state index in [0.29, 0.717) is 0 Å². The first-order chi connectivity index (χ1) is 17.1. The zero-order valence-electron chi connectivity index (χ0n) is 20.9. The maximum absolute atomic E-state index is 13.8. The van der Waals surface area contributed by atoms with E-state index >= 15 is 0 Å². The summed E-state index contributed by atoms with van der Waals surface area (Å²) in [4.78, 5) is 35.8. The second-order valence-corrected chi connectivity index (χ2v) is 11.3. The summed E-state index contributed by atoms with van der Waals surface area (Å²) in [5, 5.41) is 16.3. The molecule has 3 rings (SSSR count). The van der Waals surface area contributed by atoms with Crippen molar-refractivity contribution in [2.75, 3.05) is 0 Å². The maximum Gasteiger partial charge on any atom is 0.391 e. The van der Waals surface area contributed by atoms with E-state index < -0.39 is 36.6 Å². The molecule has 0 aromatic heterocycles. The lowest BCUT2D eigenvalue weighted by Gasteiger charge is -2.29. The first-order valence-corrected chi connectivity index (χ1v) is 14.3. The van der Waals surface area contributed by atoms with E-state index in [9.17, 15) is 24.3 Å². The van der Waals surface area contributed by atoms with Gasteiger partial charge in [0.2, 0.25) is 0 Å². The number of non-ortho nitro benzene ring substituents is 1. The molecule has 2 aliphatic carbocycles. The lowest BCUT2D eigenvalue weighted by atomic mass is 9.98. The van der Waals surface area contributed by atoms with Gasteiger partial charge in [-0.15, -0.1) is 0 Å². The Hall–Kier alpha value is -2.49. The molecule has 2 atom stereocenters. The summed E-state index contributed by atoms with van der Waals surface area (Å²) in [6.45, 7) is 3.01. The van der Waals surface area contributed by atoms with E-state index in [2.05, 4.69) is 10.2 Å². The average Bonchev–Trinajstić information content (AvgIpc) is 2.85. The maximum atomic E-state index is 13.8. The van der Waals surface area contributed by atoms with Crippen LogP contribution < -0.4 is 14.7 Å². The van der Waals surface area contributed by atoms with Gasteiger partial charge in [0.1, 0.15) is 30.0 Å². The lowest BCUT2D eigenvalue weighted by Crippen LogP contribution is -2.44. The zero-order valence-corrected chi connectivity index (χ0v) is 21.7. The molecule has 1 aromatic carbocycles. The molecule has 200 valence electrons. The summed E-state index contributed by atoms with van der Waals surface area (Å²) in [6.07, 6.45) is 8.98. The van der Waals surface area contributed by atoms with E-state index in [1.54, 1.807) is 0 Å². The summed E-state index contributed by atoms with van der Waals surface area (Å²) in [5.41, 5.74) is -0.160. The van der Waals surface area contributed by atoms with Crippen LogP contribution in [0.3, 0.4) is 0 Å². The van der Waals surface area contributed by atoms with Crippen LogP contribution in [0.4, 0.5) is 5.69 Å². The highest BCUT2D eigenvalue weighted by atomic mass is 31.2. The lowest BCUT2D eigenvalue weighted by molar-refractivity contribution is -0.384. The Morgan fingerprint density at radius 1 is 0.861 bits per heavy atom. The average molecular weight is 526 g/mol. The molecule has 0 bridgehead atoms. The van der Waals surface area contributed by atoms with E-state index in [4.69, 9.17) is 14.0 Å².